The van der Waals surface area contributed by atoms with Crippen molar-refractivity contribution in [3.05, 3.63) is 0 Å². The third-order valence-electron chi connectivity index (χ3n) is 2.84. The average molecular weight is 185 g/mol. The molecule has 0 saturated carbocycles. The number of hydrogen-bond acceptors (Lipinski definition) is 2. The number of rotatable bonds is 3. The minimum absolute atomic E-state index is 0.174. The summed E-state index contributed by atoms with van der Waals surface area (Å²) in [6.07, 6.45) is 3.96. The molecule has 13 heavy (non-hydrogen) atoms. The van der Waals surface area contributed by atoms with Gasteiger partial charge < -0.3 is 10.0 Å². The summed E-state index contributed by atoms with van der Waals surface area (Å²) in [6.45, 7) is 3.96. The molecule has 1 amide bonds. The van der Waals surface area contributed by atoms with E-state index >= 15 is 0 Å². The van der Waals surface area contributed by atoms with Crippen LogP contribution >= 0.6 is 0 Å². The van der Waals surface area contributed by atoms with Crippen molar-refractivity contribution in [3.8, 4) is 0 Å². The molecular formula is C10H19NO2. The Hall–Kier alpha value is -0.570. The first kappa shape index (κ1) is 10.5. The fraction of sp³-hybridized carbons (Fsp3) is 0.900. The molecule has 1 fully saturated rings. The third-order valence-corrected chi connectivity index (χ3v) is 2.84. The lowest BCUT2D eigenvalue weighted by Gasteiger charge is -2.27. The molecule has 0 radical (unpaired) electrons. The second-order valence-corrected chi connectivity index (χ2v) is 3.87. The van der Waals surface area contributed by atoms with Crippen LogP contribution in [0.4, 0.5) is 0 Å². The number of carbonyl (C=O) groups is 1. The predicted octanol–water partition coefficient (Wildman–Crippen LogP) is 1.16. The summed E-state index contributed by atoms with van der Waals surface area (Å²) in [5, 5.41) is 8.71. The number of hydrogen-bond donors (Lipinski definition) is 1. The normalized spacial score (nSPS) is 28.1. The topological polar surface area (TPSA) is 40.5 Å². The van der Waals surface area contributed by atoms with Gasteiger partial charge >= 0.3 is 0 Å². The molecule has 0 aliphatic carbocycles. The van der Waals surface area contributed by atoms with E-state index in [2.05, 4.69) is 6.92 Å². The first-order valence-electron chi connectivity index (χ1n) is 5.06. The Kier molecular flexibility index (Phi) is 3.72. The molecule has 76 valence electrons. The lowest BCUT2D eigenvalue weighted by molar-refractivity contribution is -0.131. The molecule has 0 spiro atoms. The Labute approximate surface area is 79.7 Å². The number of carbonyl (C=O) groups excluding carboxylic acids is 1. The van der Waals surface area contributed by atoms with Crippen LogP contribution in [0.2, 0.25) is 0 Å². The van der Waals surface area contributed by atoms with Crippen molar-refractivity contribution < 1.29 is 9.90 Å². The van der Waals surface area contributed by atoms with E-state index in [-0.39, 0.29) is 12.5 Å². The van der Waals surface area contributed by atoms with Crippen LogP contribution in [-0.2, 0) is 4.79 Å². The molecule has 0 bridgehead atoms. The molecule has 1 rings (SSSR count). The quantitative estimate of drug-likeness (QED) is 0.716. The van der Waals surface area contributed by atoms with Gasteiger partial charge in [-0.2, -0.15) is 0 Å². The van der Waals surface area contributed by atoms with Crippen molar-refractivity contribution in [1.82, 2.24) is 4.90 Å². The molecular weight excluding hydrogens is 166 g/mol. The second-order valence-electron chi connectivity index (χ2n) is 3.87. The van der Waals surface area contributed by atoms with E-state index in [0.29, 0.717) is 12.1 Å². The predicted molar refractivity (Wildman–Crippen MR) is 51.3 cm³/mol. The Morgan fingerprint density at radius 2 is 2.23 bits per heavy atom. The van der Waals surface area contributed by atoms with Crippen LogP contribution in [0.25, 0.3) is 0 Å². The zero-order chi connectivity index (χ0) is 9.84. The molecule has 1 N–H and O–H groups in total. The van der Waals surface area contributed by atoms with Gasteiger partial charge in [-0.05, 0) is 32.6 Å². The van der Waals surface area contributed by atoms with E-state index in [1.54, 1.807) is 6.92 Å². The number of likely N-dealkylation sites (tertiary alicyclic amines) is 1. The fourth-order valence-electron chi connectivity index (χ4n) is 2.25. The van der Waals surface area contributed by atoms with Gasteiger partial charge in [0.15, 0.2) is 0 Å². The van der Waals surface area contributed by atoms with Crippen molar-refractivity contribution in [3.63, 3.8) is 0 Å². The van der Waals surface area contributed by atoms with Gasteiger partial charge in [-0.3, -0.25) is 4.79 Å². The van der Waals surface area contributed by atoms with E-state index < -0.39 is 0 Å². The molecule has 0 aromatic heterocycles. The fourth-order valence-corrected chi connectivity index (χ4v) is 2.25. The van der Waals surface area contributed by atoms with Gasteiger partial charge in [0.1, 0.15) is 0 Å². The molecule has 1 heterocycles. The Morgan fingerprint density at radius 1 is 1.54 bits per heavy atom. The monoisotopic (exact) mass is 185 g/mol. The molecule has 0 aromatic carbocycles. The maximum absolute atomic E-state index is 11.3. The van der Waals surface area contributed by atoms with Crippen LogP contribution in [0.15, 0.2) is 0 Å². The van der Waals surface area contributed by atoms with Gasteiger partial charge in [-0.1, -0.05) is 0 Å². The van der Waals surface area contributed by atoms with Crippen molar-refractivity contribution in [2.45, 2.75) is 51.6 Å². The zero-order valence-corrected chi connectivity index (χ0v) is 8.49. The molecule has 2 atom stereocenters. The Morgan fingerprint density at radius 3 is 2.77 bits per heavy atom. The van der Waals surface area contributed by atoms with Gasteiger partial charge in [0.05, 0.1) is 0 Å². The van der Waals surface area contributed by atoms with E-state index in [1.807, 2.05) is 4.90 Å². The van der Waals surface area contributed by atoms with Crippen molar-refractivity contribution in [1.29, 1.82) is 0 Å². The highest BCUT2D eigenvalue weighted by Gasteiger charge is 2.31. The summed E-state index contributed by atoms with van der Waals surface area (Å²) in [7, 11) is 0. The van der Waals surface area contributed by atoms with E-state index in [1.165, 1.54) is 0 Å². The SMILES string of the molecule is CC(=O)N1C(C)CCC1CCCO. The molecule has 1 aliphatic rings. The number of aliphatic hydroxyl groups excluding tert-OH is 1. The highest BCUT2D eigenvalue weighted by molar-refractivity contribution is 5.74. The van der Waals surface area contributed by atoms with Crippen LogP contribution in [0.5, 0.6) is 0 Å². The number of nitrogens with zero attached hydrogens (tertiary/aromatic N) is 1. The summed E-state index contributed by atoms with van der Waals surface area (Å²) >= 11 is 0. The van der Waals surface area contributed by atoms with Gasteiger partial charge in [0.25, 0.3) is 0 Å². The summed E-state index contributed by atoms with van der Waals surface area (Å²) < 4.78 is 0. The minimum Gasteiger partial charge on any atom is -0.396 e. The van der Waals surface area contributed by atoms with Crippen molar-refractivity contribution >= 4 is 5.91 Å². The van der Waals surface area contributed by atoms with E-state index in [0.717, 1.165) is 25.7 Å². The minimum atomic E-state index is 0.174. The van der Waals surface area contributed by atoms with Gasteiger partial charge in [-0.25, -0.2) is 0 Å². The average Bonchev–Trinajstić information content (AvgIpc) is 2.43. The van der Waals surface area contributed by atoms with Gasteiger partial charge in [0, 0.05) is 25.6 Å². The van der Waals surface area contributed by atoms with Crippen LogP contribution in [0.1, 0.15) is 39.5 Å². The Bertz CT molecular complexity index is 182. The van der Waals surface area contributed by atoms with Gasteiger partial charge in [0.2, 0.25) is 5.91 Å². The van der Waals surface area contributed by atoms with Crippen LogP contribution in [0.3, 0.4) is 0 Å². The van der Waals surface area contributed by atoms with Crippen molar-refractivity contribution in [2.75, 3.05) is 6.61 Å². The highest BCUT2D eigenvalue weighted by atomic mass is 16.3. The summed E-state index contributed by atoms with van der Waals surface area (Å²) in [5.74, 6) is 0.174. The maximum Gasteiger partial charge on any atom is 0.219 e. The standard InChI is InChI=1S/C10H19NO2/c1-8-5-6-10(4-3-7-12)11(8)9(2)13/h8,10,12H,3-7H2,1-2H3. The summed E-state index contributed by atoms with van der Waals surface area (Å²) in [4.78, 5) is 13.3. The van der Waals surface area contributed by atoms with Gasteiger partial charge in [-0.15, -0.1) is 0 Å². The zero-order valence-electron chi connectivity index (χ0n) is 8.49. The second kappa shape index (κ2) is 4.61. The molecule has 1 aliphatic heterocycles. The lowest BCUT2D eigenvalue weighted by Crippen LogP contribution is -2.38. The number of aliphatic hydroxyl groups is 1. The molecule has 0 aromatic rings. The molecule has 3 nitrogen and oxygen atoms in total. The van der Waals surface area contributed by atoms with Crippen molar-refractivity contribution in [2.24, 2.45) is 0 Å². The third kappa shape index (κ3) is 2.44. The highest BCUT2D eigenvalue weighted by Crippen LogP contribution is 2.26. The molecule has 3 heteroatoms. The molecule has 2 unspecified atom stereocenters. The largest absolute Gasteiger partial charge is 0.396 e. The molecule has 1 saturated heterocycles. The first-order valence-corrected chi connectivity index (χ1v) is 5.06. The summed E-state index contributed by atoms with van der Waals surface area (Å²) in [6, 6.07) is 0.765. The van der Waals surface area contributed by atoms with Crippen LogP contribution in [0, 0.1) is 0 Å². The van der Waals surface area contributed by atoms with E-state index in [9.17, 15) is 4.79 Å². The summed E-state index contributed by atoms with van der Waals surface area (Å²) in [5.41, 5.74) is 0. The van der Waals surface area contributed by atoms with Crippen LogP contribution < -0.4 is 0 Å². The number of amides is 1. The smallest absolute Gasteiger partial charge is 0.219 e. The maximum atomic E-state index is 11.3. The lowest BCUT2D eigenvalue weighted by atomic mass is 10.1. The Balaban J connectivity index is 2.49. The van der Waals surface area contributed by atoms with E-state index in [4.69, 9.17) is 5.11 Å². The van der Waals surface area contributed by atoms with Crippen LogP contribution in [-0.4, -0.2) is 34.6 Å². The first-order chi connectivity index (χ1) is 6.16.